The Kier molecular flexibility index (Phi) is 8.70. The van der Waals surface area contributed by atoms with Crippen LogP contribution in [0.4, 0.5) is 0 Å². The van der Waals surface area contributed by atoms with Gasteiger partial charge in [0.25, 0.3) is 0 Å². The monoisotopic (exact) mass is 438 g/mol. The molecule has 0 fully saturated rings. The SMILES string of the molecule is Br.Br.C[Si](C)=[Zr]([C]1=CC=CC1)[C]1=CC=CC1. The van der Waals surface area contributed by atoms with E-state index in [-0.39, 0.29) is 39.4 Å². The first kappa shape index (κ1) is 17.0. The fourth-order valence-electron chi connectivity index (χ4n) is 2.11. The third-order valence-corrected chi connectivity index (χ3v) is 19.8. The van der Waals surface area contributed by atoms with E-state index in [1.165, 1.54) is 12.8 Å². The molecule has 0 radical (unpaired) electrons. The molecule has 0 atom stereocenters. The van der Waals surface area contributed by atoms with Gasteiger partial charge in [0.2, 0.25) is 0 Å². The van der Waals surface area contributed by atoms with Gasteiger partial charge in [-0.1, -0.05) is 0 Å². The average Bonchev–Trinajstić information content (AvgIpc) is 2.75. The van der Waals surface area contributed by atoms with Crippen molar-refractivity contribution in [2.75, 3.05) is 0 Å². The second kappa shape index (κ2) is 8.18. The van der Waals surface area contributed by atoms with Gasteiger partial charge in [0.1, 0.15) is 0 Å². The molecule has 2 aliphatic rings. The van der Waals surface area contributed by atoms with Crippen molar-refractivity contribution in [3.63, 3.8) is 0 Å². The van der Waals surface area contributed by atoms with Crippen molar-refractivity contribution in [1.82, 2.24) is 0 Å². The molecule has 0 spiro atoms. The van der Waals surface area contributed by atoms with Crippen molar-refractivity contribution >= 4 is 39.4 Å². The number of rotatable bonds is 2. The molecule has 0 aromatic heterocycles. The normalized spacial score (nSPS) is 16.1. The Hall–Kier alpha value is 1.02. The molecule has 16 heavy (non-hydrogen) atoms. The van der Waals surface area contributed by atoms with Crippen LogP contribution < -0.4 is 0 Å². The summed E-state index contributed by atoms with van der Waals surface area (Å²) in [6, 6.07) is 0. The fourth-order valence-corrected chi connectivity index (χ4v) is 19.0. The van der Waals surface area contributed by atoms with Gasteiger partial charge in [-0.2, -0.15) is 0 Å². The average molecular weight is 441 g/mol. The number of allylic oxidation sites excluding steroid dienone is 8. The fraction of sp³-hybridized carbons (Fsp3) is 0.333. The Balaban J connectivity index is 0.00000112. The molecule has 0 saturated heterocycles. The van der Waals surface area contributed by atoms with Gasteiger partial charge in [-0.25, -0.2) is 0 Å². The molecule has 88 valence electrons. The minimum atomic E-state index is -1.33. The summed E-state index contributed by atoms with van der Waals surface area (Å²) in [5.74, 6) is 0. The van der Waals surface area contributed by atoms with E-state index < -0.39 is 20.4 Å². The van der Waals surface area contributed by atoms with Crippen molar-refractivity contribution in [2.45, 2.75) is 25.9 Å². The van der Waals surface area contributed by atoms with Crippen LogP contribution in [0, 0.1) is 0 Å². The molecule has 0 amide bonds. The van der Waals surface area contributed by atoms with Gasteiger partial charge in [0, 0.05) is 0 Å². The Bertz CT molecular complexity index is 367. The third-order valence-electron chi connectivity index (χ3n) is 2.68. The molecular formula is C12H18Br2SiZr. The van der Waals surface area contributed by atoms with E-state index >= 15 is 0 Å². The summed E-state index contributed by atoms with van der Waals surface area (Å²) < 4.78 is 3.67. The Labute approximate surface area is 127 Å². The van der Waals surface area contributed by atoms with E-state index in [0.717, 1.165) is 0 Å². The van der Waals surface area contributed by atoms with Crippen molar-refractivity contribution in [3.05, 3.63) is 43.0 Å². The molecule has 0 unspecified atom stereocenters. The zero-order chi connectivity index (χ0) is 9.97. The van der Waals surface area contributed by atoms with Crippen LogP contribution in [0.15, 0.2) is 43.0 Å². The summed E-state index contributed by atoms with van der Waals surface area (Å²) in [7, 11) is 0. The Morgan fingerprint density at radius 3 is 1.62 bits per heavy atom. The molecule has 0 aromatic rings. The first-order valence-corrected chi connectivity index (χ1v) is 13.8. The maximum atomic E-state index is 2.51. The van der Waals surface area contributed by atoms with Crippen LogP contribution in [0.25, 0.3) is 0 Å². The van der Waals surface area contributed by atoms with Crippen LogP contribution in [-0.4, -0.2) is 5.43 Å². The molecule has 0 heterocycles. The summed E-state index contributed by atoms with van der Waals surface area (Å²) in [6.07, 6.45) is 16.5. The standard InChI is InChI=1S/2C5H5.C2H6Si.2BrH.Zr/c2*1-2-4-5-3-1;1-3-2;;;/h2*1-3H,4H2;1-2H3;2*1H;. The quantitative estimate of drug-likeness (QED) is 0.545. The second-order valence-electron chi connectivity index (χ2n) is 4.02. The first-order chi connectivity index (χ1) is 6.79. The summed E-state index contributed by atoms with van der Waals surface area (Å²) in [4.78, 5) is 0. The van der Waals surface area contributed by atoms with Crippen LogP contribution in [-0.2, 0) is 20.4 Å². The van der Waals surface area contributed by atoms with E-state index in [1.807, 2.05) is 6.56 Å². The van der Waals surface area contributed by atoms with Crippen LogP contribution in [0.1, 0.15) is 12.8 Å². The van der Waals surface area contributed by atoms with Gasteiger partial charge in [0.05, 0.1) is 0 Å². The van der Waals surface area contributed by atoms with E-state index in [4.69, 9.17) is 0 Å². The van der Waals surface area contributed by atoms with Crippen molar-refractivity contribution < 1.29 is 20.4 Å². The summed E-state index contributed by atoms with van der Waals surface area (Å²) in [5.41, 5.74) is -0.0588. The number of hydrogen-bond donors (Lipinski definition) is 0. The van der Waals surface area contributed by atoms with E-state index in [2.05, 4.69) is 49.6 Å². The molecule has 2 aliphatic carbocycles. The van der Waals surface area contributed by atoms with Crippen LogP contribution in [0.3, 0.4) is 0 Å². The Morgan fingerprint density at radius 2 is 1.38 bits per heavy atom. The molecule has 2 rings (SSSR count). The molecule has 0 aromatic carbocycles. The zero-order valence-electron chi connectivity index (χ0n) is 9.69. The summed E-state index contributed by atoms with van der Waals surface area (Å²) >= 11 is -1.33. The van der Waals surface area contributed by atoms with E-state index in [1.54, 1.807) is 0 Å². The van der Waals surface area contributed by atoms with Gasteiger partial charge >= 0.3 is 94.8 Å². The van der Waals surface area contributed by atoms with Crippen LogP contribution >= 0.6 is 34.0 Å². The van der Waals surface area contributed by atoms with Crippen LogP contribution in [0.5, 0.6) is 0 Å². The van der Waals surface area contributed by atoms with E-state index in [9.17, 15) is 0 Å². The third kappa shape index (κ3) is 4.04. The van der Waals surface area contributed by atoms with Gasteiger partial charge in [-0.15, -0.1) is 34.0 Å². The van der Waals surface area contributed by atoms with Crippen molar-refractivity contribution in [2.24, 2.45) is 0 Å². The number of halogens is 2. The first-order valence-electron chi connectivity index (χ1n) is 5.18. The van der Waals surface area contributed by atoms with Gasteiger partial charge < -0.3 is 0 Å². The summed E-state index contributed by atoms with van der Waals surface area (Å²) in [5, 5.41) is 0. The van der Waals surface area contributed by atoms with Gasteiger partial charge in [0.15, 0.2) is 0 Å². The van der Waals surface area contributed by atoms with Crippen molar-refractivity contribution in [1.29, 1.82) is 0 Å². The van der Waals surface area contributed by atoms with Gasteiger partial charge in [-0.3, -0.25) is 0 Å². The van der Waals surface area contributed by atoms with Crippen molar-refractivity contribution in [3.8, 4) is 0 Å². The topological polar surface area (TPSA) is 0 Å². The molecule has 0 aliphatic heterocycles. The molecule has 0 bridgehead atoms. The predicted molar refractivity (Wildman–Crippen MR) is 81.8 cm³/mol. The second-order valence-corrected chi connectivity index (χ2v) is 21.4. The van der Waals surface area contributed by atoms with E-state index in [0.29, 0.717) is 0 Å². The molecule has 4 heteroatoms. The molecule has 0 N–H and O–H groups in total. The summed E-state index contributed by atoms with van der Waals surface area (Å²) in [6.45, 7) is 5.02. The Morgan fingerprint density at radius 1 is 0.938 bits per heavy atom. The molecule has 0 saturated carbocycles. The van der Waals surface area contributed by atoms with Gasteiger partial charge in [-0.05, 0) is 0 Å². The zero-order valence-corrected chi connectivity index (χ0v) is 16.6. The number of hydrogen-bond acceptors (Lipinski definition) is 0. The predicted octanol–water partition coefficient (Wildman–Crippen LogP) is 4.70. The minimum absolute atomic E-state index is 0. The molecular weight excluding hydrogens is 423 g/mol. The van der Waals surface area contributed by atoms with Crippen LogP contribution in [0.2, 0.25) is 13.1 Å². The maximum absolute atomic E-state index is 2.51. The molecule has 0 nitrogen and oxygen atoms in total.